The fourth-order valence-electron chi connectivity index (χ4n) is 1.90. The van der Waals surface area contributed by atoms with Crippen LogP contribution in [0.5, 0.6) is 0 Å². The highest BCUT2D eigenvalue weighted by atomic mass is 16.2. The van der Waals surface area contributed by atoms with E-state index in [0.29, 0.717) is 6.42 Å². The lowest BCUT2D eigenvalue weighted by atomic mass is 10.1. The fourth-order valence-corrected chi connectivity index (χ4v) is 1.90. The van der Waals surface area contributed by atoms with Gasteiger partial charge < -0.3 is 4.90 Å². The largest absolute Gasteiger partial charge is 0.312 e. The summed E-state index contributed by atoms with van der Waals surface area (Å²) in [5.41, 5.74) is 2.26. The normalized spacial score (nSPS) is 15.7. The Kier molecular flexibility index (Phi) is 2.86. The zero-order chi connectivity index (χ0) is 10.7. The van der Waals surface area contributed by atoms with Gasteiger partial charge in [0.1, 0.15) is 0 Å². The molecule has 1 saturated heterocycles. The number of hydrogen-bond donors (Lipinski definition) is 0. The SMILES string of the molecule is C=CCc1ccc(N2CCCC2=O)cc1. The number of allylic oxidation sites excluding steroid dienone is 1. The van der Waals surface area contributed by atoms with Crippen molar-refractivity contribution in [1.82, 2.24) is 0 Å². The molecule has 1 aromatic rings. The zero-order valence-electron chi connectivity index (χ0n) is 8.78. The van der Waals surface area contributed by atoms with Crippen LogP contribution >= 0.6 is 0 Å². The molecule has 0 saturated carbocycles. The number of carbonyl (C=O) groups is 1. The lowest BCUT2D eigenvalue weighted by Gasteiger charge is -2.15. The van der Waals surface area contributed by atoms with Gasteiger partial charge in [0.05, 0.1) is 0 Å². The van der Waals surface area contributed by atoms with Crippen molar-refractivity contribution >= 4 is 11.6 Å². The Morgan fingerprint density at radius 1 is 1.33 bits per heavy atom. The molecule has 1 fully saturated rings. The predicted molar refractivity (Wildman–Crippen MR) is 61.9 cm³/mol. The number of benzene rings is 1. The molecule has 0 unspecified atom stereocenters. The van der Waals surface area contributed by atoms with Crippen LogP contribution in [0.1, 0.15) is 18.4 Å². The molecule has 1 heterocycles. The molecule has 1 aliphatic rings. The van der Waals surface area contributed by atoms with E-state index < -0.39 is 0 Å². The maximum atomic E-state index is 11.5. The first kappa shape index (κ1) is 9.97. The smallest absolute Gasteiger partial charge is 0.227 e. The number of rotatable bonds is 3. The van der Waals surface area contributed by atoms with Gasteiger partial charge in [-0.25, -0.2) is 0 Å². The van der Waals surface area contributed by atoms with Gasteiger partial charge in [-0.1, -0.05) is 18.2 Å². The first-order chi connectivity index (χ1) is 7.31. The van der Waals surface area contributed by atoms with Gasteiger partial charge >= 0.3 is 0 Å². The summed E-state index contributed by atoms with van der Waals surface area (Å²) in [7, 11) is 0. The highest BCUT2D eigenvalue weighted by molar-refractivity contribution is 5.95. The predicted octanol–water partition coefficient (Wildman–Crippen LogP) is 2.54. The average Bonchev–Trinajstić information content (AvgIpc) is 2.66. The molecule has 2 nitrogen and oxygen atoms in total. The van der Waals surface area contributed by atoms with Crippen molar-refractivity contribution in [3.63, 3.8) is 0 Å². The molecule has 0 spiro atoms. The van der Waals surface area contributed by atoms with Gasteiger partial charge in [0.2, 0.25) is 5.91 Å². The van der Waals surface area contributed by atoms with Crippen LogP contribution < -0.4 is 4.90 Å². The van der Waals surface area contributed by atoms with Crippen LogP contribution in [0.15, 0.2) is 36.9 Å². The Morgan fingerprint density at radius 3 is 2.60 bits per heavy atom. The topological polar surface area (TPSA) is 20.3 Å². The lowest BCUT2D eigenvalue weighted by molar-refractivity contribution is -0.117. The maximum Gasteiger partial charge on any atom is 0.227 e. The van der Waals surface area contributed by atoms with E-state index in [4.69, 9.17) is 0 Å². The molecule has 78 valence electrons. The lowest BCUT2D eigenvalue weighted by Crippen LogP contribution is -2.23. The summed E-state index contributed by atoms with van der Waals surface area (Å²) < 4.78 is 0. The van der Waals surface area contributed by atoms with E-state index in [1.807, 2.05) is 23.1 Å². The molecule has 15 heavy (non-hydrogen) atoms. The van der Waals surface area contributed by atoms with Gasteiger partial charge in [0, 0.05) is 18.7 Å². The molecular formula is C13H15NO. The van der Waals surface area contributed by atoms with Crippen molar-refractivity contribution in [2.75, 3.05) is 11.4 Å². The van der Waals surface area contributed by atoms with Gasteiger partial charge in [0.15, 0.2) is 0 Å². The standard InChI is InChI=1S/C13H15NO/c1-2-4-11-6-8-12(9-7-11)14-10-3-5-13(14)15/h2,6-9H,1,3-5,10H2. The van der Waals surface area contributed by atoms with E-state index in [1.54, 1.807) is 0 Å². The molecule has 2 heteroatoms. The summed E-state index contributed by atoms with van der Waals surface area (Å²) in [5.74, 6) is 0.242. The first-order valence-corrected chi connectivity index (χ1v) is 5.31. The monoisotopic (exact) mass is 201 g/mol. The van der Waals surface area contributed by atoms with Crippen molar-refractivity contribution in [3.8, 4) is 0 Å². The minimum Gasteiger partial charge on any atom is -0.312 e. The third-order valence-electron chi connectivity index (χ3n) is 2.70. The highest BCUT2D eigenvalue weighted by Crippen LogP contribution is 2.21. The van der Waals surface area contributed by atoms with Crippen molar-refractivity contribution in [2.45, 2.75) is 19.3 Å². The average molecular weight is 201 g/mol. The quantitative estimate of drug-likeness (QED) is 0.688. The van der Waals surface area contributed by atoms with Crippen molar-refractivity contribution < 1.29 is 4.79 Å². The van der Waals surface area contributed by atoms with E-state index in [-0.39, 0.29) is 5.91 Å². The van der Waals surface area contributed by atoms with Crippen LogP contribution in [0.4, 0.5) is 5.69 Å². The summed E-state index contributed by atoms with van der Waals surface area (Å²) in [5, 5.41) is 0. The molecule has 0 bridgehead atoms. The molecule has 0 atom stereocenters. The second-order valence-electron chi connectivity index (χ2n) is 3.81. The molecule has 1 aliphatic heterocycles. The van der Waals surface area contributed by atoms with Gasteiger partial charge in [-0.3, -0.25) is 4.79 Å². The van der Waals surface area contributed by atoms with Gasteiger partial charge in [-0.05, 0) is 30.5 Å². The third kappa shape index (κ3) is 2.09. The Bertz CT molecular complexity index is 367. The number of nitrogens with zero attached hydrogens (tertiary/aromatic N) is 1. The minimum atomic E-state index is 0.242. The highest BCUT2D eigenvalue weighted by Gasteiger charge is 2.21. The Morgan fingerprint density at radius 2 is 2.07 bits per heavy atom. The summed E-state index contributed by atoms with van der Waals surface area (Å²) in [6.45, 7) is 4.56. The van der Waals surface area contributed by atoms with Gasteiger partial charge in [-0.2, -0.15) is 0 Å². The molecule has 1 amide bonds. The van der Waals surface area contributed by atoms with Gasteiger partial charge in [-0.15, -0.1) is 6.58 Å². The summed E-state index contributed by atoms with van der Waals surface area (Å²) in [6.07, 6.45) is 4.44. The van der Waals surface area contributed by atoms with E-state index in [1.165, 1.54) is 5.56 Å². The Labute approximate surface area is 90.2 Å². The summed E-state index contributed by atoms with van der Waals surface area (Å²) >= 11 is 0. The van der Waals surface area contributed by atoms with E-state index in [9.17, 15) is 4.79 Å². The number of hydrogen-bond acceptors (Lipinski definition) is 1. The zero-order valence-corrected chi connectivity index (χ0v) is 8.78. The van der Waals surface area contributed by atoms with Crippen molar-refractivity contribution in [2.24, 2.45) is 0 Å². The van der Waals surface area contributed by atoms with Crippen molar-refractivity contribution in [1.29, 1.82) is 0 Å². The van der Waals surface area contributed by atoms with Crippen LogP contribution in [0.2, 0.25) is 0 Å². The Balaban J connectivity index is 2.15. The maximum absolute atomic E-state index is 11.5. The third-order valence-corrected chi connectivity index (χ3v) is 2.70. The van der Waals surface area contributed by atoms with Crippen LogP contribution in [0, 0.1) is 0 Å². The van der Waals surface area contributed by atoms with E-state index >= 15 is 0 Å². The van der Waals surface area contributed by atoms with E-state index in [0.717, 1.165) is 25.1 Å². The van der Waals surface area contributed by atoms with Crippen molar-refractivity contribution in [3.05, 3.63) is 42.5 Å². The van der Waals surface area contributed by atoms with Crippen LogP contribution in [0.3, 0.4) is 0 Å². The summed E-state index contributed by atoms with van der Waals surface area (Å²) in [6, 6.07) is 8.15. The molecule has 0 aliphatic carbocycles. The second kappa shape index (κ2) is 4.30. The summed E-state index contributed by atoms with van der Waals surface area (Å²) in [4.78, 5) is 13.4. The first-order valence-electron chi connectivity index (χ1n) is 5.31. The Hall–Kier alpha value is -1.57. The molecule has 0 N–H and O–H groups in total. The molecule has 2 rings (SSSR count). The van der Waals surface area contributed by atoms with Crippen LogP contribution in [0.25, 0.3) is 0 Å². The van der Waals surface area contributed by atoms with E-state index in [2.05, 4.69) is 18.7 Å². The van der Waals surface area contributed by atoms with Gasteiger partial charge in [0.25, 0.3) is 0 Å². The number of anilines is 1. The second-order valence-corrected chi connectivity index (χ2v) is 3.81. The molecule has 0 aromatic heterocycles. The molecule has 1 aromatic carbocycles. The minimum absolute atomic E-state index is 0.242. The fraction of sp³-hybridized carbons (Fsp3) is 0.308. The number of amides is 1. The van der Waals surface area contributed by atoms with Crippen LogP contribution in [-0.2, 0) is 11.2 Å². The van der Waals surface area contributed by atoms with Crippen LogP contribution in [-0.4, -0.2) is 12.5 Å². The number of carbonyl (C=O) groups excluding carboxylic acids is 1. The molecular weight excluding hydrogens is 186 g/mol. The molecule has 0 radical (unpaired) electrons.